The molecular formula is C9H19N. The molecule has 2 N–H and O–H groups in total. The summed E-state index contributed by atoms with van der Waals surface area (Å²) in [6.07, 6.45) is 5.47. The minimum atomic E-state index is 0.470. The molecule has 0 aromatic carbocycles. The van der Waals surface area contributed by atoms with Crippen LogP contribution in [-0.2, 0) is 0 Å². The van der Waals surface area contributed by atoms with Crippen molar-refractivity contribution >= 4 is 0 Å². The smallest absolute Gasteiger partial charge is 0.00231 e. The Morgan fingerprint density at radius 1 is 1.60 bits per heavy atom. The van der Waals surface area contributed by atoms with Gasteiger partial charge in [-0.15, -0.1) is 0 Å². The number of nitrogens with two attached hydrogens (primary N) is 1. The first-order valence-corrected chi connectivity index (χ1v) is 4.36. The lowest BCUT2D eigenvalue weighted by molar-refractivity contribution is 0.177. The Kier molecular flexibility index (Phi) is 2.35. The molecule has 1 rings (SSSR count). The molecule has 0 heterocycles. The average molecular weight is 141 g/mol. The highest BCUT2D eigenvalue weighted by Crippen LogP contribution is 2.37. The van der Waals surface area contributed by atoms with Gasteiger partial charge in [-0.1, -0.05) is 26.7 Å². The van der Waals surface area contributed by atoms with Crippen LogP contribution in [0.4, 0.5) is 0 Å². The Morgan fingerprint density at radius 2 is 2.30 bits per heavy atom. The molecule has 1 fully saturated rings. The number of hydrogen-bond donors (Lipinski definition) is 1. The minimum absolute atomic E-state index is 0.470. The molecule has 1 aliphatic carbocycles. The molecule has 0 aromatic heterocycles. The summed E-state index contributed by atoms with van der Waals surface area (Å²) < 4.78 is 0. The molecule has 1 aliphatic rings. The molecule has 0 radical (unpaired) electrons. The van der Waals surface area contributed by atoms with E-state index in [0.717, 1.165) is 12.5 Å². The molecule has 1 saturated carbocycles. The second-order valence-corrected chi connectivity index (χ2v) is 4.22. The molecule has 0 aromatic rings. The molecule has 1 heteroatoms. The largest absolute Gasteiger partial charge is 0.330 e. The van der Waals surface area contributed by atoms with E-state index < -0.39 is 0 Å². The summed E-state index contributed by atoms with van der Waals surface area (Å²) in [5.74, 6) is 0.905. The maximum atomic E-state index is 5.70. The van der Waals surface area contributed by atoms with Crippen LogP contribution >= 0.6 is 0 Å². The molecule has 0 spiro atoms. The Morgan fingerprint density at radius 3 is 2.70 bits per heavy atom. The average Bonchev–Trinajstić information content (AvgIpc) is 1.88. The molecule has 0 amide bonds. The van der Waals surface area contributed by atoms with Crippen LogP contribution in [0, 0.1) is 11.3 Å². The predicted octanol–water partition coefficient (Wildman–Crippen LogP) is 2.16. The standard InChI is InChI=1S/C9H19N/c1-8-4-3-5-9(2,6-8)7-10/h8H,3-7,10H2,1-2H3/t8-,9-/m1/s1. The SMILES string of the molecule is C[C@@H]1CCC[C@@](C)(CN)C1. The van der Waals surface area contributed by atoms with Gasteiger partial charge in [0.1, 0.15) is 0 Å². The first-order chi connectivity index (χ1) is 4.66. The maximum absolute atomic E-state index is 5.70. The highest BCUT2D eigenvalue weighted by Gasteiger charge is 2.28. The molecule has 10 heavy (non-hydrogen) atoms. The Hall–Kier alpha value is -0.0400. The van der Waals surface area contributed by atoms with Gasteiger partial charge in [0.15, 0.2) is 0 Å². The lowest BCUT2D eigenvalue weighted by atomic mass is 9.71. The van der Waals surface area contributed by atoms with E-state index >= 15 is 0 Å². The summed E-state index contributed by atoms with van der Waals surface area (Å²) in [7, 11) is 0. The molecule has 0 aliphatic heterocycles. The summed E-state index contributed by atoms with van der Waals surface area (Å²) in [5, 5.41) is 0. The predicted molar refractivity (Wildman–Crippen MR) is 44.8 cm³/mol. The normalized spacial score (nSPS) is 41.7. The van der Waals surface area contributed by atoms with Crippen molar-refractivity contribution in [2.45, 2.75) is 39.5 Å². The third-order valence-electron chi connectivity index (χ3n) is 2.81. The van der Waals surface area contributed by atoms with Gasteiger partial charge in [0, 0.05) is 0 Å². The van der Waals surface area contributed by atoms with Crippen LogP contribution in [0.3, 0.4) is 0 Å². The van der Waals surface area contributed by atoms with Crippen molar-refractivity contribution in [2.75, 3.05) is 6.54 Å². The van der Waals surface area contributed by atoms with Crippen molar-refractivity contribution in [2.24, 2.45) is 17.1 Å². The van der Waals surface area contributed by atoms with E-state index in [-0.39, 0.29) is 0 Å². The third kappa shape index (κ3) is 1.72. The van der Waals surface area contributed by atoms with Crippen LogP contribution in [0.1, 0.15) is 39.5 Å². The van der Waals surface area contributed by atoms with Gasteiger partial charge >= 0.3 is 0 Å². The Balaban J connectivity index is 2.45. The van der Waals surface area contributed by atoms with Crippen LogP contribution in [0.5, 0.6) is 0 Å². The van der Waals surface area contributed by atoms with Crippen molar-refractivity contribution in [3.8, 4) is 0 Å². The van der Waals surface area contributed by atoms with Gasteiger partial charge in [-0.3, -0.25) is 0 Å². The van der Waals surface area contributed by atoms with Gasteiger partial charge in [0.25, 0.3) is 0 Å². The summed E-state index contributed by atoms with van der Waals surface area (Å²) >= 11 is 0. The number of hydrogen-bond acceptors (Lipinski definition) is 1. The van der Waals surface area contributed by atoms with E-state index in [9.17, 15) is 0 Å². The highest BCUT2D eigenvalue weighted by molar-refractivity contribution is 4.81. The Labute approximate surface area is 64.0 Å². The van der Waals surface area contributed by atoms with Gasteiger partial charge in [-0.05, 0) is 30.7 Å². The van der Waals surface area contributed by atoms with Gasteiger partial charge in [0.05, 0.1) is 0 Å². The van der Waals surface area contributed by atoms with Crippen LogP contribution in [-0.4, -0.2) is 6.54 Å². The summed E-state index contributed by atoms with van der Waals surface area (Å²) in [6, 6.07) is 0. The second kappa shape index (κ2) is 2.91. The number of rotatable bonds is 1. The fourth-order valence-corrected chi connectivity index (χ4v) is 2.11. The van der Waals surface area contributed by atoms with Crippen molar-refractivity contribution in [3.63, 3.8) is 0 Å². The zero-order valence-corrected chi connectivity index (χ0v) is 7.19. The van der Waals surface area contributed by atoms with Crippen LogP contribution in [0.25, 0.3) is 0 Å². The van der Waals surface area contributed by atoms with E-state index in [1.165, 1.54) is 25.7 Å². The van der Waals surface area contributed by atoms with Gasteiger partial charge in [-0.25, -0.2) is 0 Å². The van der Waals surface area contributed by atoms with Crippen LogP contribution in [0.15, 0.2) is 0 Å². The maximum Gasteiger partial charge on any atom is -0.00231 e. The quantitative estimate of drug-likeness (QED) is 0.595. The monoisotopic (exact) mass is 141 g/mol. The van der Waals surface area contributed by atoms with E-state index in [2.05, 4.69) is 13.8 Å². The molecular weight excluding hydrogens is 122 g/mol. The van der Waals surface area contributed by atoms with Crippen molar-refractivity contribution in [3.05, 3.63) is 0 Å². The molecule has 1 nitrogen and oxygen atoms in total. The minimum Gasteiger partial charge on any atom is -0.330 e. The Bertz CT molecular complexity index is 111. The van der Waals surface area contributed by atoms with Gasteiger partial charge < -0.3 is 5.73 Å². The first kappa shape index (κ1) is 8.06. The molecule has 0 saturated heterocycles. The third-order valence-corrected chi connectivity index (χ3v) is 2.81. The zero-order chi connectivity index (χ0) is 7.61. The van der Waals surface area contributed by atoms with E-state index in [4.69, 9.17) is 5.73 Å². The van der Waals surface area contributed by atoms with Crippen molar-refractivity contribution < 1.29 is 0 Å². The first-order valence-electron chi connectivity index (χ1n) is 4.36. The highest BCUT2D eigenvalue weighted by atomic mass is 14.6. The summed E-state index contributed by atoms with van der Waals surface area (Å²) in [4.78, 5) is 0. The van der Waals surface area contributed by atoms with Crippen LogP contribution in [0.2, 0.25) is 0 Å². The van der Waals surface area contributed by atoms with Crippen LogP contribution < -0.4 is 5.73 Å². The lowest BCUT2D eigenvalue weighted by Gasteiger charge is -2.35. The second-order valence-electron chi connectivity index (χ2n) is 4.22. The fourth-order valence-electron chi connectivity index (χ4n) is 2.11. The summed E-state index contributed by atoms with van der Waals surface area (Å²) in [5.41, 5.74) is 6.17. The zero-order valence-electron chi connectivity index (χ0n) is 7.19. The van der Waals surface area contributed by atoms with Crippen molar-refractivity contribution in [1.82, 2.24) is 0 Å². The fraction of sp³-hybridized carbons (Fsp3) is 1.00. The van der Waals surface area contributed by atoms with Gasteiger partial charge in [0.2, 0.25) is 0 Å². The topological polar surface area (TPSA) is 26.0 Å². The van der Waals surface area contributed by atoms with Gasteiger partial charge in [-0.2, -0.15) is 0 Å². The van der Waals surface area contributed by atoms with E-state index in [1.54, 1.807) is 0 Å². The van der Waals surface area contributed by atoms with E-state index in [1.807, 2.05) is 0 Å². The van der Waals surface area contributed by atoms with Crippen molar-refractivity contribution in [1.29, 1.82) is 0 Å². The molecule has 2 atom stereocenters. The summed E-state index contributed by atoms with van der Waals surface area (Å²) in [6.45, 7) is 5.53. The molecule has 60 valence electrons. The molecule has 0 bridgehead atoms. The lowest BCUT2D eigenvalue weighted by Crippen LogP contribution is -2.32. The van der Waals surface area contributed by atoms with E-state index in [0.29, 0.717) is 5.41 Å². The molecule has 0 unspecified atom stereocenters.